The normalized spacial score (nSPS) is 15.3. The van der Waals surface area contributed by atoms with Crippen molar-refractivity contribution in [2.75, 3.05) is 13.1 Å². The van der Waals surface area contributed by atoms with Crippen LogP contribution in [-0.2, 0) is 0 Å². The van der Waals surface area contributed by atoms with Crippen molar-refractivity contribution in [3.05, 3.63) is 40.4 Å². The van der Waals surface area contributed by atoms with Crippen LogP contribution in [0.15, 0.2) is 30.5 Å². The van der Waals surface area contributed by atoms with Gasteiger partial charge in [0.1, 0.15) is 4.34 Å². The number of pyridine rings is 1. The number of carbonyl (C=O) groups excluding carboxylic acids is 1. The molecule has 0 bridgehead atoms. The van der Waals surface area contributed by atoms with Crippen LogP contribution in [0.2, 0.25) is 4.34 Å². The smallest absolute Gasteiger partial charge is 0.256 e. The number of likely N-dealkylation sites (tertiary alicyclic amines) is 1. The molecule has 104 valence electrons. The number of piperidine rings is 1. The summed E-state index contributed by atoms with van der Waals surface area (Å²) in [6.07, 6.45) is 5.12. The summed E-state index contributed by atoms with van der Waals surface area (Å²) < 4.78 is 0.557. The second kappa shape index (κ2) is 5.94. The van der Waals surface area contributed by atoms with E-state index in [4.69, 9.17) is 11.6 Å². The average molecular weight is 307 g/mol. The van der Waals surface area contributed by atoms with Gasteiger partial charge in [-0.2, -0.15) is 0 Å². The molecule has 1 aliphatic heterocycles. The van der Waals surface area contributed by atoms with Gasteiger partial charge in [-0.3, -0.25) is 9.78 Å². The van der Waals surface area contributed by atoms with Gasteiger partial charge < -0.3 is 4.90 Å². The summed E-state index contributed by atoms with van der Waals surface area (Å²) in [5, 5.41) is 0. The Labute approximate surface area is 127 Å². The SMILES string of the molecule is O=C(c1cc(-c2ccccn2)sc1Cl)N1CCCCC1. The van der Waals surface area contributed by atoms with Gasteiger partial charge >= 0.3 is 0 Å². The molecule has 1 aliphatic rings. The molecule has 0 unspecified atom stereocenters. The maximum Gasteiger partial charge on any atom is 0.256 e. The van der Waals surface area contributed by atoms with E-state index in [1.54, 1.807) is 6.20 Å². The van der Waals surface area contributed by atoms with Crippen molar-refractivity contribution in [3.8, 4) is 10.6 Å². The number of hydrogen-bond donors (Lipinski definition) is 0. The third-order valence-electron chi connectivity index (χ3n) is 3.48. The highest BCUT2D eigenvalue weighted by molar-refractivity contribution is 7.19. The maximum absolute atomic E-state index is 12.5. The van der Waals surface area contributed by atoms with Gasteiger partial charge in [0.15, 0.2) is 0 Å². The van der Waals surface area contributed by atoms with E-state index in [2.05, 4.69) is 4.98 Å². The van der Waals surface area contributed by atoms with Crippen molar-refractivity contribution in [1.82, 2.24) is 9.88 Å². The van der Waals surface area contributed by atoms with E-state index in [1.807, 2.05) is 29.2 Å². The molecule has 1 fully saturated rings. The van der Waals surface area contributed by atoms with E-state index in [1.165, 1.54) is 17.8 Å². The number of amides is 1. The van der Waals surface area contributed by atoms with E-state index >= 15 is 0 Å². The minimum atomic E-state index is 0.0492. The Kier molecular flexibility index (Phi) is 4.03. The molecule has 20 heavy (non-hydrogen) atoms. The number of carbonyl (C=O) groups is 1. The van der Waals surface area contributed by atoms with E-state index < -0.39 is 0 Å². The lowest BCUT2D eigenvalue weighted by Crippen LogP contribution is -2.35. The average Bonchev–Trinajstić information content (AvgIpc) is 2.90. The molecule has 3 nitrogen and oxygen atoms in total. The molecule has 0 spiro atoms. The van der Waals surface area contributed by atoms with Crippen molar-refractivity contribution in [1.29, 1.82) is 0 Å². The summed E-state index contributed by atoms with van der Waals surface area (Å²) in [4.78, 5) is 19.6. The van der Waals surface area contributed by atoms with Gasteiger partial charge in [0.2, 0.25) is 0 Å². The molecule has 0 aromatic carbocycles. The Morgan fingerprint density at radius 2 is 2.05 bits per heavy atom. The Hall–Kier alpha value is -1.39. The zero-order valence-electron chi connectivity index (χ0n) is 11.0. The standard InChI is InChI=1S/C15H15ClN2OS/c16-14-11(15(19)18-8-4-1-5-9-18)10-13(20-14)12-6-2-3-7-17-12/h2-3,6-7,10H,1,4-5,8-9H2. The van der Waals surface area contributed by atoms with Crippen LogP contribution >= 0.6 is 22.9 Å². The molecule has 2 aromatic heterocycles. The third-order valence-corrected chi connectivity index (χ3v) is 4.86. The summed E-state index contributed by atoms with van der Waals surface area (Å²) in [6.45, 7) is 1.67. The Bertz CT molecular complexity index is 606. The van der Waals surface area contributed by atoms with Crippen LogP contribution in [0.5, 0.6) is 0 Å². The zero-order valence-corrected chi connectivity index (χ0v) is 12.6. The number of aromatic nitrogens is 1. The Morgan fingerprint density at radius 3 is 2.75 bits per heavy atom. The van der Waals surface area contributed by atoms with Crippen LogP contribution in [0, 0.1) is 0 Å². The predicted octanol–water partition coefficient (Wildman–Crippen LogP) is 4.09. The fraction of sp³-hybridized carbons (Fsp3) is 0.333. The van der Waals surface area contributed by atoms with Crippen molar-refractivity contribution in [2.24, 2.45) is 0 Å². The molecule has 5 heteroatoms. The minimum Gasteiger partial charge on any atom is -0.339 e. The second-order valence-electron chi connectivity index (χ2n) is 4.87. The van der Waals surface area contributed by atoms with E-state index in [-0.39, 0.29) is 5.91 Å². The second-order valence-corrected chi connectivity index (χ2v) is 6.52. The van der Waals surface area contributed by atoms with Crippen LogP contribution in [0.1, 0.15) is 29.6 Å². The first kappa shape index (κ1) is 13.6. The molecular formula is C15H15ClN2OS. The number of halogens is 1. The number of thiophene rings is 1. The molecular weight excluding hydrogens is 292 g/mol. The van der Waals surface area contributed by atoms with Crippen LogP contribution < -0.4 is 0 Å². The van der Waals surface area contributed by atoms with Crippen molar-refractivity contribution in [3.63, 3.8) is 0 Å². The van der Waals surface area contributed by atoms with E-state index in [0.29, 0.717) is 9.90 Å². The summed E-state index contributed by atoms with van der Waals surface area (Å²) >= 11 is 7.67. The van der Waals surface area contributed by atoms with Crippen LogP contribution in [0.25, 0.3) is 10.6 Å². The van der Waals surface area contributed by atoms with Gasteiger partial charge in [0.05, 0.1) is 16.1 Å². The molecule has 1 amide bonds. The summed E-state index contributed by atoms with van der Waals surface area (Å²) in [7, 11) is 0. The van der Waals surface area contributed by atoms with E-state index in [9.17, 15) is 4.79 Å². The number of hydrogen-bond acceptors (Lipinski definition) is 3. The molecule has 0 saturated carbocycles. The monoisotopic (exact) mass is 306 g/mol. The van der Waals surface area contributed by atoms with Crippen LogP contribution in [-0.4, -0.2) is 28.9 Å². The van der Waals surface area contributed by atoms with Gasteiger partial charge in [-0.15, -0.1) is 11.3 Å². The molecule has 2 aromatic rings. The minimum absolute atomic E-state index is 0.0492. The third kappa shape index (κ3) is 2.72. The van der Waals surface area contributed by atoms with Crippen LogP contribution in [0.4, 0.5) is 0 Å². The first-order chi connectivity index (χ1) is 9.75. The van der Waals surface area contributed by atoms with Gasteiger partial charge in [0.25, 0.3) is 5.91 Å². The van der Waals surface area contributed by atoms with Crippen LogP contribution in [0.3, 0.4) is 0 Å². The first-order valence-electron chi connectivity index (χ1n) is 6.76. The predicted molar refractivity (Wildman–Crippen MR) is 82.3 cm³/mol. The van der Waals surface area contributed by atoms with Crippen molar-refractivity contribution >= 4 is 28.8 Å². The summed E-state index contributed by atoms with van der Waals surface area (Å²) in [5.41, 5.74) is 1.47. The quantitative estimate of drug-likeness (QED) is 0.837. The van der Waals surface area contributed by atoms with E-state index in [0.717, 1.165) is 36.5 Å². The van der Waals surface area contributed by atoms with Gasteiger partial charge in [-0.1, -0.05) is 17.7 Å². The summed E-state index contributed by atoms with van der Waals surface area (Å²) in [6, 6.07) is 7.60. The van der Waals surface area contributed by atoms with Gasteiger partial charge in [-0.05, 0) is 37.5 Å². The topological polar surface area (TPSA) is 33.2 Å². The molecule has 3 rings (SSSR count). The Morgan fingerprint density at radius 1 is 1.25 bits per heavy atom. The largest absolute Gasteiger partial charge is 0.339 e. The fourth-order valence-electron chi connectivity index (χ4n) is 2.42. The molecule has 0 radical (unpaired) electrons. The molecule has 3 heterocycles. The van der Waals surface area contributed by atoms with Gasteiger partial charge in [-0.25, -0.2) is 0 Å². The number of nitrogens with zero attached hydrogens (tertiary/aromatic N) is 2. The molecule has 0 N–H and O–H groups in total. The lowest BCUT2D eigenvalue weighted by molar-refractivity contribution is 0.0725. The first-order valence-corrected chi connectivity index (χ1v) is 7.95. The maximum atomic E-state index is 12.5. The highest BCUT2D eigenvalue weighted by Crippen LogP contribution is 2.34. The Balaban J connectivity index is 1.87. The highest BCUT2D eigenvalue weighted by Gasteiger charge is 2.22. The van der Waals surface area contributed by atoms with Gasteiger partial charge in [0, 0.05) is 19.3 Å². The lowest BCUT2D eigenvalue weighted by Gasteiger charge is -2.26. The number of rotatable bonds is 2. The van der Waals surface area contributed by atoms with Crippen molar-refractivity contribution in [2.45, 2.75) is 19.3 Å². The van der Waals surface area contributed by atoms with Crippen molar-refractivity contribution < 1.29 is 4.79 Å². The zero-order chi connectivity index (χ0) is 13.9. The molecule has 1 saturated heterocycles. The lowest BCUT2D eigenvalue weighted by atomic mass is 10.1. The molecule has 0 atom stereocenters. The molecule has 0 aliphatic carbocycles. The highest BCUT2D eigenvalue weighted by atomic mass is 35.5. The fourth-order valence-corrected chi connectivity index (χ4v) is 3.65. The summed E-state index contributed by atoms with van der Waals surface area (Å²) in [5.74, 6) is 0.0492.